The molecule has 0 spiro atoms. The van der Waals surface area contributed by atoms with Gasteiger partial charge in [-0.05, 0) is 0 Å². The minimum absolute atomic E-state index is 0. The van der Waals surface area contributed by atoms with E-state index in [0.29, 0.717) is 0 Å². The Hall–Kier alpha value is 1.69. The molecule has 0 heterocycles. The molecule has 0 aliphatic heterocycles. The van der Waals surface area contributed by atoms with E-state index in [4.69, 9.17) is 26.6 Å². The molecule has 15 heteroatoms. The van der Waals surface area contributed by atoms with Crippen molar-refractivity contribution in [3.8, 4) is 0 Å². The third kappa shape index (κ3) is 25.7. The molecule has 0 aliphatic rings. The smallest absolute Gasteiger partial charge is 1.00 e. The predicted octanol–water partition coefficient (Wildman–Crippen LogP) is -7.74. The molecule has 86 valence electrons. The first-order chi connectivity index (χ1) is 5.25. The van der Waals surface area contributed by atoms with Gasteiger partial charge in [-0.2, -0.15) is 25.3 Å². The van der Waals surface area contributed by atoms with Gasteiger partial charge in [-0.1, -0.05) is 0 Å². The SMILES string of the molecule is O=S(=O)(O)O.O=S(=O)(O)S(=O)(=O)O.[H-].[H-].[Na+].[Na+]. The van der Waals surface area contributed by atoms with Crippen molar-refractivity contribution in [2.75, 3.05) is 0 Å². The van der Waals surface area contributed by atoms with Gasteiger partial charge in [-0.25, -0.2) is 0 Å². The van der Waals surface area contributed by atoms with Gasteiger partial charge < -0.3 is 2.85 Å². The van der Waals surface area contributed by atoms with Crippen molar-refractivity contribution >= 4 is 28.7 Å². The summed E-state index contributed by atoms with van der Waals surface area (Å²) in [7, 11) is -15.3. The molecule has 0 unspecified atom stereocenters. The molecular formula is H6Na2O10S3. The third-order valence-electron chi connectivity index (χ3n) is 0.266. The van der Waals surface area contributed by atoms with E-state index in [1.807, 2.05) is 0 Å². The molecule has 15 heavy (non-hydrogen) atoms. The quantitative estimate of drug-likeness (QED) is 0.206. The molecule has 0 radical (unpaired) electrons. The number of hydrogen-bond donors (Lipinski definition) is 4. The maximum Gasteiger partial charge on any atom is 1.00 e. The van der Waals surface area contributed by atoms with E-state index >= 15 is 0 Å². The summed E-state index contributed by atoms with van der Waals surface area (Å²) in [6, 6.07) is 0. The Bertz CT molecular complexity index is 406. The average molecular weight is 308 g/mol. The summed E-state index contributed by atoms with van der Waals surface area (Å²) < 4.78 is 84.0. The normalized spacial score (nSPS) is 11.2. The molecule has 10 nitrogen and oxygen atoms in total. The van der Waals surface area contributed by atoms with Gasteiger partial charge >= 0.3 is 87.8 Å². The Morgan fingerprint density at radius 1 is 0.600 bits per heavy atom. The van der Waals surface area contributed by atoms with Crippen molar-refractivity contribution in [2.24, 2.45) is 0 Å². The van der Waals surface area contributed by atoms with Gasteiger partial charge in [0.25, 0.3) is 0 Å². The Morgan fingerprint density at radius 3 is 0.667 bits per heavy atom. The predicted molar refractivity (Wildman–Crippen MR) is 39.5 cm³/mol. The third-order valence-corrected chi connectivity index (χ3v) is 2.40. The Morgan fingerprint density at radius 2 is 0.667 bits per heavy atom. The Kier molecular flexibility index (Phi) is 14.9. The van der Waals surface area contributed by atoms with Crippen LogP contribution in [0, 0.1) is 0 Å². The van der Waals surface area contributed by atoms with Crippen molar-refractivity contribution in [3.63, 3.8) is 0 Å². The van der Waals surface area contributed by atoms with Crippen molar-refractivity contribution in [2.45, 2.75) is 0 Å². The van der Waals surface area contributed by atoms with E-state index < -0.39 is 28.7 Å². The van der Waals surface area contributed by atoms with Crippen LogP contribution in [0.15, 0.2) is 0 Å². The molecule has 0 bridgehead atoms. The van der Waals surface area contributed by atoms with Crippen LogP contribution >= 0.6 is 0 Å². The van der Waals surface area contributed by atoms with E-state index in [-0.39, 0.29) is 62.0 Å². The zero-order chi connectivity index (χ0) is 11.5. The second-order valence-corrected chi connectivity index (χ2v) is 6.44. The molecule has 0 aromatic carbocycles. The van der Waals surface area contributed by atoms with Crippen LogP contribution in [0.5, 0.6) is 0 Å². The summed E-state index contributed by atoms with van der Waals surface area (Å²) in [5, 5.41) is 0. The Labute approximate surface area is 132 Å². The molecule has 0 rings (SSSR count). The topological polar surface area (TPSA) is 183 Å². The molecule has 0 atom stereocenters. The molecule has 0 aromatic rings. The fraction of sp³-hybridized carbons (Fsp3) is 0. The minimum Gasteiger partial charge on any atom is -1.00 e. The maximum atomic E-state index is 9.37. The van der Waals surface area contributed by atoms with Gasteiger partial charge in [0.15, 0.2) is 0 Å². The van der Waals surface area contributed by atoms with E-state index in [9.17, 15) is 16.8 Å². The van der Waals surface area contributed by atoms with Crippen molar-refractivity contribution in [1.82, 2.24) is 0 Å². The monoisotopic (exact) mass is 308 g/mol. The van der Waals surface area contributed by atoms with E-state index in [1.54, 1.807) is 0 Å². The molecule has 0 amide bonds. The van der Waals surface area contributed by atoms with Crippen LogP contribution in [-0.4, -0.2) is 43.5 Å². The van der Waals surface area contributed by atoms with Crippen LogP contribution in [0.3, 0.4) is 0 Å². The molecule has 0 fully saturated rings. The molecule has 4 N–H and O–H groups in total. The minimum atomic E-state index is -5.31. The zero-order valence-electron chi connectivity index (χ0n) is 9.46. The summed E-state index contributed by atoms with van der Waals surface area (Å²) in [5.74, 6) is 0. The van der Waals surface area contributed by atoms with Gasteiger partial charge in [-0.3, -0.25) is 18.2 Å². The second kappa shape index (κ2) is 8.73. The van der Waals surface area contributed by atoms with Gasteiger partial charge in [-0.15, -0.1) is 0 Å². The van der Waals surface area contributed by atoms with E-state index in [0.717, 1.165) is 0 Å². The van der Waals surface area contributed by atoms with Crippen LogP contribution in [0.1, 0.15) is 2.85 Å². The van der Waals surface area contributed by atoms with E-state index in [1.165, 1.54) is 0 Å². The summed E-state index contributed by atoms with van der Waals surface area (Å²) >= 11 is 0. The van der Waals surface area contributed by atoms with Crippen molar-refractivity contribution in [1.29, 1.82) is 0 Å². The van der Waals surface area contributed by atoms with Gasteiger partial charge in [0.2, 0.25) is 0 Å². The van der Waals surface area contributed by atoms with Crippen molar-refractivity contribution in [3.05, 3.63) is 0 Å². The summed E-state index contributed by atoms with van der Waals surface area (Å²) in [4.78, 5) is 0. The molecule has 0 aliphatic carbocycles. The van der Waals surface area contributed by atoms with Gasteiger partial charge in [0.05, 0.1) is 0 Å². The van der Waals surface area contributed by atoms with Gasteiger partial charge in [0.1, 0.15) is 0 Å². The number of hydrogen-bond acceptors (Lipinski definition) is 6. The zero-order valence-corrected chi connectivity index (χ0v) is 13.9. The van der Waals surface area contributed by atoms with Crippen LogP contribution in [0.2, 0.25) is 0 Å². The van der Waals surface area contributed by atoms with E-state index in [2.05, 4.69) is 0 Å². The Balaban J connectivity index is -0.0000000306. The standard InChI is InChI=1S/2Na.H2O6S2.H2O4S.2H/c;;1-7(2,3)8(4,5)6;1-5(2,3)4;;/h;;(H,1,2,3)(H,4,5,6);(H2,1,2,3,4);;/q2*+1;;;2*-1. The summed E-state index contributed by atoms with van der Waals surface area (Å²) in [5.41, 5.74) is 0. The van der Waals surface area contributed by atoms with Crippen LogP contribution in [0.25, 0.3) is 0 Å². The molecular weight excluding hydrogens is 302 g/mol. The first-order valence-corrected chi connectivity index (χ1v) is 6.69. The summed E-state index contributed by atoms with van der Waals surface area (Å²) in [6.07, 6.45) is 0. The molecule has 0 aromatic heterocycles. The number of rotatable bonds is 1. The summed E-state index contributed by atoms with van der Waals surface area (Å²) in [6.45, 7) is 0. The first kappa shape index (κ1) is 25.5. The largest absolute Gasteiger partial charge is 1.00 e. The second-order valence-electron chi connectivity index (χ2n) is 1.30. The average Bonchev–Trinajstić information content (AvgIpc) is 1.50. The first-order valence-electron chi connectivity index (χ1n) is 1.90. The molecule has 0 saturated carbocycles. The fourth-order valence-corrected chi connectivity index (χ4v) is 0. The van der Waals surface area contributed by atoms with Crippen LogP contribution in [-0.2, 0) is 28.7 Å². The van der Waals surface area contributed by atoms with Crippen LogP contribution in [0.4, 0.5) is 0 Å². The fourth-order valence-electron chi connectivity index (χ4n) is 0. The maximum absolute atomic E-state index is 9.37. The molecule has 0 saturated heterocycles. The van der Waals surface area contributed by atoms with Gasteiger partial charge in [0, 0.05) is 0 Å². The van der Waals surface area contributed by atoms with Crippen LogP contribution < -0.4 is 59.1 Å². The van der Waals surface area contributed by atoms with Crippen molar-refractivity contribution < 1.29 is 105 Å².